The quantitative estimate of drug-likeness (QED) is 0.398. The molecule has 0 aliphatic carbocycles. The molecular weight excluding hydrogens is 451 g/mol. The molecule has 140 valence electrons. The van der Waals surface area contributed by atoms with Gasteiger partial charge < -0.3 is 15.8 Å². The van der Waals surface area contributed by atoms with Crippen LogP contribution in [0, 0.1) is 11.6 Å². The van der Waals surface area contributed by atoms with Crippen LogP contribution >= 0.6 is 24.0 Å². The van der Waals surface area contributed by atoms with E-state index in [9.17, 15) is 8.78 Å². The molecule has 0 aromatic heterocycles. The monoisotopic (exact) mass is 473 g/mol. The van der Waals surface area contributed by atoms with Crippen molar-refractivity contribution in [3.05, 3.63) is 65.2 Å². The predicted octanol–water partition coefficient (Wildman–Crippen LogP) is 4.19. The van der Waals surface area contributed by atoms with Crippen molar-refractivity contribution >= 4 is 35.6 Å². The molecule has 0 saturated carbocycles. The van der Waals surface area contributed by atoms with Crippen LogP contribution in [0.5, 0.6) is 0 Å². The Balaban J connectivity index is 0.00000243. The number of nitrogens with one attached hydrogen (secondary N) is 1. The number of ether oxygens (including phenoxy) is 1. The molecule has 2 aromatic rings. The lowest BCUT2D eigenvalue weighted by atomic mass is 9.84. The van der Waals surface area contributed by atoms with Crippen LogP contribution < -0.4 is 11.1 Å². The molecular formula is C19H22F2IN3O. The highest BCUT2D eigenvalue weighted by Gasteiger charge is 2.36. The molecule has 1 heterocycles. The minimum Gasteiger partial charge on any atom is -0.370 e. The Morgan fingerprint density at radius 1 is 1.27 bits per heavy atom. The number of fused-ring (bicyclic) bond motifs is 1. The number of nitrogens with two attached hydrogens (primary N) is 1. The Kier molecular flexibility index (Phi) is 6.94. The lowest BCUT2D eigenvalue weighted by molar-refractivity contribution is -0.0558. The van der Waals surface area contributed by atoms with E-state index in [1.165, 1.54) is 5.56 Å². The molecule has 0 spiro atoms. The zero-order chi connectivity index (χ0) is 17.9. The zero-order valence-electron chi connectivity index (χ0n) is 14.5. The number of nitrogens with zero attached hydrogens (tertiary/aromatic N) is 1. The second-order valence-corrected chi connectivity index (χ2v) is 6.05. The van der Waals surface area contributed by atoms with E-state index in [2.05, 4.69) is 16.4 Å². The minimum absolute atomic E-state index is 0. The van der Waals surface area contributed by atoms with Crippen molar-refractivity contribution in [2.75, 3.05) is 18.5 Å². The maximum atomic E-state index is 13.7. The summed E-state index contributed by atoms with van der Waals surface area (Å²) < 4.78 is 33.0. The van der Waals surface area contributed by atoms with Gasteiger partial charge >= 0.3 is 0 Å². The van der Waals surface area contributed by atoms with Crippen molar-refractivity contribution in [1.82, 2.24) is 0 Å². The highest BCUT2D eigenvalue weighted by atomic mass is 127. The lowest BCUT2D eigenvalue weighted by Gasteiger charge is -2.37. The van der Waals surface area contributed by atoms with E-state index >= 15 is 0 Å². The number of hydrogen-bond acceptors (Lipinski definition) is 2. The number of benzene rings is 2. The average molecular weight is 473 g/mol. The smallest absolute Gasteiger partial charge is 0.193 e. The van der Waals surface area contributed by atoms with Crippen LogP contribution in [-0.2, 0) is 16.8 Å². The van der Waals surface area contributed by atoms with Gasteiger partial charge in [-0.25, -0.2) is 13.8 Å². The van der Waals surface area contributed by atoms with Gasteiger partial charge in [0.2, 0.25) is 0 Å². The predicted molar refractivity (Wildman–Crippen MR) is 110 cm³/mol. The molecule has 1 aliphatic heterocycles. The fraction of sp³-hybridized carbons (Fsp3) is 0.316. The molecule has 0 radical (unpaired) electrons. The number of guanidine groups is 1. The normalized spacial score (nSPS) is 19.4. The average Bonchev–Trinajstić information content (AvgIpc) is 2.63. The van der Waals surface area contributed by atoms with Gasteiger partial charge in [0.25, 0.3) is 0 Å². The first kappa shape index (κ1) is 20.6. The van der Waals surface area contributed by atoms with E-state index in [0.717, 1.165) is 36.6 Å². The SMILES string of the molecule is CCC1(CN=C(N)Nc2cc(F)ccc2F)OCCc2ccccc21.I. The third kappa shape index (κ3) is 4.32. The summed E-state index contributed by atoms with van der Waals surface area (Å²) in [6, 6.07) is 11.3. The maximum Gasteiger partial charge on any atom is 0.193 e. The Hall–Kier alpha value is -1.74. The van der Waals surface area contributed by atoms with Gasteiger partial charge in [0.15, 0.2) is 5.96 Å². The molecule has 1 unspecified atom stereocenters. The van der Waals surface area contributed by atoms with E-state index in [4.69, 9.17) is 10.5 Å². The summed E-state index contributed by atoms with van der Waals surface area (Å²) in [6.07, 6.45) is 1.60. The van der Waals surface area contributed by atoms with Crippen molar-refractivity contribution in [1.29, 1.82) is 0 Å². The molecule has 7 heteroatoms. The summed E-state index contributed by atoms with van der Waals surface area (Å²) in [4.78, 5) is 4.32. The van der Waals surface area contributed by atoms with Crippen molar-refractivity contribution in [2.45, 2.75) is 25.4 Å². The van der Waals surface area contributed by atoms with Crippen LogP contribution in [0.4, 0.5) is 14.5 Å². The van der Waals surface area contributed by atoms with Gasteiger partial charge in [-0.05, 0) is 36.1 Å². The standard InChI is InChI=1S/C19H21F2N3O.HI/c1-2-19(15-6-4-3-5-13(15)9-10-25-19)12-23-18(22)24-17-11-14(20)7-8-16(17)21;/h3-8,11H,2,9-10,12H2,1H3,(H3,22,23,24);1H. The van der Waals surface area contributed by atoms with Crippen LogP contribution in [0.3, 0.4) is 0 Å². The van der Waals surface area contributed by atoms with Crippen LogP contribution in [-0.4, -0.2) is 19.1 Å². The Labute approximate surface area is 168 Å². The first-order chi connectivity index (χ1) is 12.0. The van der Waals surface area contributed by atoms with Crippen molar-refractivity contribution in [3.63, 3.8) is 0 Å². The van der Waals surface area contributed by atoms with E-state index in [1.54, 1.807) is 0 Å². The van der Waals surface area contributed by atoms with Crippen LogP contribution in [0.2, 0.25) is 0 Å². The second-order valence-electron chi connectivity index (χ2n) is 6.05. The molecule has 0 bridgehead atoms. The van der Waals surface area contributed by atoms with Gasteiger partial charge in [0.1, 0.15) is 17.2 Å². The molecule has 0 fully saturated rings. The second kappa shape index (κ2) is 8.77. The Morgan fingerprint density at radius 3 is 2.81 bits per heavy atom. The Bertz CT molecular complexity index is 800. The van der Waals surface area contributed by atoms with E-state index in [0.29, 0.717) is 13.2 Å². The van der Waals surface area contributed by atoms with Gasteiger partial charge in [-0.2, -0.15) is 0 Å². The molecule has 0 amide bonds. The highest BCUT2D eigenvalue weighted by Crippen LogP contribution is 2.36. The third-order valence-electron chi connectivity index (χ3n) is 4.53. The molecule has 3 rings (SSSR count). The third-order valence-corrected chi connectivity index (χ3v) is 4.53. The zero-order valence-corrected chi connectivity index (χ0v) is 16.8. The van der Waals surface area contributed by atoms with Crippen LogP contribution in [0.25, 0.3) is 0 Å². The lowest BCUT2D eigenvalue weighted by Crippen LogP contribution is -2.39. The van der Waals surface area contributed by atoms with Crippen LogP contribution in [0.1, 0.15) is 24.5 Å². The summed E-state index contributed by atoms with van der Waals surface area (Å²) in [6.45, 7) is 2.95. The topological polar surface area (TPSA) is 59.6 Å². The van der Waals surface area contributed by atoms with E-state index in [1.807, 2.05) is 25.1 Å². The summed E-state index contributed by atoms with van der Waals surface area (Å²) in [5.41, 5.74) is 7.62. The molecule has 26 heavy (non-hydrogen) atoms. The Morgan fingerprint density at radius 2 is 2.04 bits per heavy atom. The van der Waals surface area contributed by atoms with Gasteiger partial charge in [0.05, 0.1) is 18.8 Å². The molecule has 4 nitrogen and oxygen atoms in total. The summed E-state index contributed by atoms with van der Waals surface area (Å²) in [5, 5.41) is 2.61. The number of rotatable bonds is 4. The van der Waals surface area contributed by atoms with Crippen molar-refractivity contribution < 1.29 is 13.5 Å². The van der Waals surface area contributed by atoms with Gasteiger partial charge in [-0.3, -0.25) is 0 Å². The number of hydrogen-bond donors (Lipinski definition) is 2. The maximum absolute atomic E-state index is 13.7. The molecule has 1 aliphatic rings. The van der Waals surface area contributed by atoms with Gasteiger partial charge in [-0.1, -0.05) is 31.2 Å². The molecule has 3 N–H and O–H groups in total. The summed E-state index contributed by atoms with van der Waals surface area (Å²) in [5.74, 6) is -1.13. The molecule has 0 saturated heterocycles. The number of aliphatic imine (C=N–C) groups is 1. The molecule has 1 atom stereocenters. The minimum atomic E-state index is -0.594. The van der Waals surface area contributed by atoms with Gasteiger partial charge in [0, 0.05) is 6.07 Å². The first-order valence-corrected chi connectivity index (χ1v) is 8.28. The number of anilines is 1. The van der Waals surface area contributed by atoms with Crippen LogP contribution in [0.15, 0.2) is 47.5 Å². The summed E-state index contributed by atoms with van der Waals surface area (Å²) >= 11 is 0. The van der Waals surface area contributed by atoms with Crippen molar-refractivity contribution in [3.8, 4) is 0 Å². The molecule has 2 aromatic carbocycles. The fourth-order valence-corrected chi connectivity index (χ4v) is 3.14. The highest BCUT2D eigenvalue weighted by molar-refractivity contribution is 14.0. The summed E-state index contributed by atoms with van der Waals surface area (Å²) in [7, 11) is 0. The van der Waals surface area contributed by atoms with E-state index in [-0.39, 0.29) is 35.6 Å². The fourth-order valence-electron chi connectivity index (χ4n) is 3.14. The number of halogens is 3. The largest absolute Gasteiger partial charge is 0.370 e. The van der Waals surface area contributed by atoms with Gasteiger partial charge in [-0.15, -0.1) is 24.0 Å². The van der Waals surface area contributed by atoms with Crippen molar-refractivity contribution in [2.24, 2.45) is 10.7 Å². The first-order valence-electron chi connectivity index (χ1n) is 8.28. The van der Waals surface area contributed by atoms with E-state index < -0.39 is 17.2 Å².